The zero-order valence-corrected chi connectivity index (χ0v) is 30.0. The highest BCUT2D eigenvalue weighted by Gasteiger charge is 2.62. The highest BCUT2D eigenvalue weighted by Crippen LogP contribution is 2.45. The summed E-state index contributed by atoms with van der Waals surface area (Å²) in [4.78, 5) is 70.2. The summed E-state index contributed by atoms with van der Waals surface area (Å²) in [5.41, 5.74) is 0.867. The number of benzene rings is 1. The molecule has 52 heavy (non-hydrogen) atoms. The number of halogens is 2. The third-order valence-corrected chi connectivity index (χ3v) is 12.4. The highest BCUT2D eigenvalue weighted by atomic mass is 32.2. The molecule has 0 spiro atoms. The number of hydrogen-bond donors (Lipinski definition) is 3. The first-order valence-corrected chi connectivity index (χ1v) is 19.1. The van der Waals surface area contributed by atoms with Gasteiger partial charge in [0.25, 0.3) is 5.91 Å². The summed E-state index contributed by atoms with van der Waals surface area (Å²) in [6.45, 7) is 7.62. The Balaban J connectivity index is 1.27. The fraction of sp³-hybridized carbons (Fsp3) is 0.629. The van der Waals surface area contributed by atoms with Gasteiger partial charge < -0.3 is 25.0 Å². The lowest BCUT2D eigenvalue weighted by atomic mass is 9.86. The molecular weight excluding hydrogens is 704 g/mol. The normalized spacial score (nSPS) is 29.2. The number of fused-ring (bicyclic) bond motifs is 3. The first-order chi connectivity index (χ1) is 24.5. The lowest BCUT2D eigenvalue weighted by Gasteiger charge is -2.30. The van der Waals surface area contributed by atoms with Crippen LogP contribution in [0.15, 0.2) is 30.9 Å². The van der Waals surface area contributed by atoms with Crippen molar-refractivity contribution < 1.29 is 50.6 Å². The van der Waals surface area contributed by atoms with Gasteiger partial charge in [-0.05, 0) is 60.6 Å². The van der Waals surface area contributed by atoms with E-state index in [-0.39, 0.29) is 39.1 Å². The lowest BCUT2D eigenvalue weighted by Crippen LogP contribution is -2.58. The molecule has 6 rings (SSSR count). The summed E-state index contributed by atoms with van der Waals surface area (Å²) in [6, 6.07) is 2.62. The zero-order valence-electron chi connectivity index (χ0n) is 29.2. The number of sulfonamides is 1. The van der Waals surface area contributed by atoms with Crippen LogP contribution < -0.4 is 15.4 Å². The molecule has 5 aliphatic rings. The molecule has 3 N–H and O–H groups in total. The van der Waals surface area contributed by atoms with Crippen LogP contribution in [0.1, 0.15) is 75.5 Å². The summed E-state index contributed by atoms with van der Waals surface area (Å²) in [7, 11) is -3.97. The average Bonchev–Trinajstić information content (AvgIpc) is 3.97. The number of carbonyl (C=O) groups excluding carboxylic acids is 5. The van der Waals surface area contributed by atoms with E-state index in [4.69, 9.17) is 9.47 Å². The minimum atomic E-state index is -3.97. The van der Waals surface area contributed by atoms with Gasteiger partial charge in [-0.2, -0.15) is 0 Å². The third kappa shape index (κ3) is 8.03. The fourth-order valence-electron chi connectivity index (χ4n) is 7.34. The monoisotopic (exact) mass is 749 g/mol. The van der Waals surface area contributed by atoms with Crippen LogP contribution in [-0.2, 0) is 53.4 Å². The van der Waals surface area contributed by atoms with Crippen LogP contribution in [0.2, 0.25) is 0 Å². The Morgan fingerprint density at radius 3 is 2.56 bits per heavy atom. The second-order valence-electron chi connectivity index (χ2n) is 15.3. The number of nitrogens with zero attached hydrogens (tertiary/aromatic N) is 2. The van der Waals surface area contributed by atoms with E-state index in [1.807, 2.05) is 32.0 Å². The van der Waals surface area contributed by atoms with Crippen molar-refractivity contribution in [2.24, 2.45) is 11.3 Å². The Morgan fingerprint density at radius 1 is 1.15 bits per heavy atom. The van der Waals surface area contributed by atoms with E-state index in [2.05, 4.69) is 21.9 Å². The largest absolute Gasteiger partial charge is 0.449 e. The molecule has 1 saturated heterocycles. The van der Waals surface area contributed by atoms with Gasteiger partial charge in [0.15, 0.2) is 0 Å². The molecule has 2 saturated carbocycles. The molecule has 2 aliphatic carbocycles. The first-order valence-electron chi connectivity index (χ1n) is 17.6. The number of carbonyl (C=O) groups is 5. The minimum Gasteiger partial charge on any atom is -0.449 e. The number of cyclic esters (lactones) is 1. The van der Waals surface area contributed by atoms with E-state index in [0.29, 0.717) is 25.7 Å². The summed E-state index contributed by atoms with van der Waals surface area (Å²) >= 11 is 0. The predicted octanol–water partition coefficient (Wildman–Crippen LogP) is 2.89. The Kier molecular flexibility index (Phi) is 10.3. The van der Waals surface area contributed by atoms with Gasteiger partial charge in [-0.15, -0.1) is 6.58 Å². The molecule has 5 amide bonds. The number of alkyl halides is 2. The minimum absolute atomic E-state index is 0.0304. The van der Waals surface area contributed by atoms with Crippen molar-refractivity contribution in [2.45, 2.75) is 114 Å². The summed E-state index contributed by atoms with van der Waals surface area (Å²) in [5, 5.41) is 4.13. The maximum Gasteiger partial charge on any atom is 0.410 e. The quantitative estimate of drug-likeness (QED) is 0.337. The number of ether oxygens (including phenoxy) is 2. The standard InChI is InChI=1S/C35H45F2N5O9S/c1-4-22-15-35(22,31(45)40-52(48,49)24-10-11-24)39-29(43)27-13-23-17-42(27)30(44)26(14-28(36)37)38-32(46)50-19-34(2,3)12-6-9-20-7-5-8-21-16-41(18-25(20)21)33(47)51-23/h4-5,7-8,22-24,26-28H,1,6,9-19H2,2-3H3,(H,38,46)(H,39,43)(H,40,45)/t22-,23+,26-,27-,35+/m0/s1. The van der Waals surface area contributed by atoms with Gasteiger partial charge in [0.05, 0.1) is 18.4 Å². The maximum atomic E-state index is 14.0. The van der Waals surface area contributed by atoms with E-state index in [0.717, 1.165) is 28.0 Å². The molecule has 14 nitrogen and oxygen atoms in total. The van der Waals surface area contributed by atoms with Gasteiger partial charge in [0.2, 0.25) is 28.3 Å². The molecule has 1 aromatic carbocycles. The molecule has 1 aromatic rings. The molecular formula is C35H45F2N5O9S. The molecule has 4 bridgehead atoms. The van der Waals surface area contributed by atoms with Crippen LogP contribution in [-0.4, -0.2) is 96.7 Å². The summed E-state index contributed by atoms with van der Waals surface area (Å²) in [5.74, 6) is -3.53. The van der Waals surface area contributed by atoms with Crippen LogP contribution >= 0.6 is 0 Å². The van der Waals surface area contributed by atoms with E-state index in [9.17, 15) is 41.2 Å². The lowest BCUT2D eigenvalue weighted by molar-refractivity contribution is -0.141. The van der Waals surface area contributed by atoms with Crippen LogP contribution in [0.5, 0.6) is 0 Å². The fourth-order valence-corrected chi connectivity index (χ4v) is 8.70. The maximum absolute atomic E-state index is 14.0. The van der Waals surface area contributed by atoms with Gasteiger partial charge in [-0.3, -0.25) is 24.0 Å². The second kappa shape index (κ2) is 14.3. The predicted molar refractivity (Wildman–Crippen MR) is 181 cm³/mol. The van der Waals surface area contributed by atoms with E-state index in [1.165, 1.54) is 11.0 Å². The number of rotatable bonds is 8. The Hall–Kier alpha value is -4.28. The smallest absolute Gasteiger partial charge is 0.410 e. The number of amides is 5. The Labute approximate surface area is 301 Å². The van der Waals surface area contributed by atoms with Gasteiger partial charge in [-0.25, -0.2) is 26.8 Å². The van der Waals surface area contributed by atoms with Crippen LogP contribution in [0.25, 0.3) is 0 Å². The number of nitrogens with one attached hydrogen (secondary N) is 3. The Morgan fingerprint density at radius 2 is 1.88 bits per heavy atom. The van der Waals surface area contributed by atoms with Crippen molar-refractivity contribution in [2.75, 3.05) is 13.2 Å². The van der Waals surface area contributed by atoms with Crippen molar-refractivity contribution in [3.8, 4) is 0 Å². The molecule has 3 heterocycles. The number of alkyl carbamates (subject to hydrolysis) is 1. The van der Waals surface area contributed by atoms with E-state index in [1.54, 1.807) is 0 Å². The number of hydrogen-bond acceptors (Lipinski definition) is 9. The molecule has 0 unspecified atom stereocenters. The molecule has 284 valence electrons. The van der Waals surface area contributed by atoms with Crippen LogP contribution in [0.3, 0.4) is 0 Å². The molecule has 3 aliphatic heterocycles. The topological polar surface area (TPSA) is 181 Å². The third-order valence-electron chi connectivity index (χ3n) is 10.6. The van der Waals surface area contributed by atoms with Crippen molar-refractivity contribution in [3.05, 3.63) is 47.5 Å². The molecule has 17 heteroatoms. The van der Waals surface area contributed by atoms with Gasteiger partial charge >= 0.3 is 12.2 Å². The van der Waals surface area contributed by atoms with E-state index >= 15 is 0 Å². The number of aryl methyl sites for hydroxylation is 1. The van der Waals surface area contributed by atoms with Gasteiger partial charge in [0.1, 0.15) is 23.7 Å². The zero-order chi connectivity index (χ0) is 37.6. The van der Waals surface area contributed by atoms with Crippen molar-refractivity contribution in [1.82, 2.24) is 25.2 Å². The molecule has 3 fully saturated rings. The molecule has 5 atom stereocenters. The van der Waals surface area contributed by atoms with Gasteiger partial charge in [-0.1, -0.05) is 38.1 Å². The van der Waals surface area contributed by atoms with E-state index < -0.39 is 93.1 Å². The molecule has 0 radical (unpaired) electrons. The first kappa shape index (κ1) is 37.5. The second-order valence-corrected chi connectivity index (χ2v) is 17.2. The van der Waals surface area contributed by atoms with Crippen LogP contribution in [0.4, 0.5) is 18.4 Å². The summed E-state index contributed by atoms with van der Waals surface area (Å²) in [6.07, 6.45) is -2.89. The highest BCUT2D eigenvalue weighted by molar-refractivity contribution is 7.91. The van der Waals surface area contributed by atoms with Crippen molar-refractivity contribution >= 4 is 39.9 Å². The average molecular weight is 750 g/mol. The summed E-state index contributed by atoms with van der Waals surface area (Å²) < 4.78 is 66.2. The van der Waals surface area contributed by atoms with Gasteiger partial charge in [0, 0.05) is 31.8 Å². The Bertz CT molecular complexity index is 1750. The molecule has 0 aromatic heterocycles. The van der Waals surface area contributed by atoms with Crippen molar-refractivity contribution in [1.29, 1.82) is 0 Å². The van der Waals surface area contributed by atoms with Crippen LogP contribution in [0, 0.1) is 11.3 Å². The van der Waals surface area contributed by atoms with Crippen molar-refractivity contribution in [3.63, 3.8) is 0 Å². The SMILES string of the molecule is C=C[C@H]1C[C@]1(NC(=O)[C@@H]1C[C@@H]2CN1C(=O)[C@H](CC(F)F)NC(=O)OCC(C)(C)CCCc1cccc3c1CN(C3)C(=O)O2)C(=O)NS(=O)(=O)C1CC1.